The molecule has 1 aliphatic rings. The molecule has 0 atom stereocenters. The second-order valence-corrected chi connectivity index (χ2v) is 17.8. The van der Waals surface area contributed by atoms with Crippen molar-refractivity contribution in [3.05, 3.63) is 224 Å². The number of hydrogen-bond acceptors (Lipinski definition) is 5. The number of rotatable bonds is 6. The second kappa shape index (κ2) is 15.3. The van der Waals surface area contributed by atoms with Gasteiger partial charge in [-0.1, -0.05) is 176 Å². The van der Waals surface area contributed by atoms with Crippen molar-refractivity contribution < 1.29 is 8.83 Å². The average Bonchev–Trinajstić information content (AvgIpc) is 4.00. The summed E-state index contributed by atoms with van der Waals surface area (Å²) >= 11 is 0. The minimum Gasteiger partial charge on any atom is -0.455 e. The second-order valence-electron chi connectivity index (χ2n) is 17.8. The first-order valence-corrected chi connectivity index (χ1v) is 23.2. The van der Waals surface area contributed by atoms with Crippen LogP contribution in [0.25, 0.3) is 132 Å². The van der Waals surface area contributed by atoms with Gasteiger partial charge in [0.2, 0.25) is 0 Å². The van der Waals surface area contributed by atoms with Crippen molar-refractivity contribution in [2.75, 3.05) is 0 Å². The van der Waals surface area contributed by atoms with E-state index >= 15 is 0 Å². The minimum atomic E-state index is 0.621. The van der Waals surface area contributed by atoms with E-state index in [1.807, 2.05) is 18.2 Å². The Morgan fingerprint density at radius 3 is 1.72 bits per heavy atom. The number of furan rings is 2. The summed E-state index contributed by atoms with van der Waals surface area (Å²) in [5.74, 6) is 1.95. The van der Waals surface area contributed by atoms with Gasteiger partial charge in [0, 0.05) is 43.8 Å². The molecule has 0 fully saturated rings. The van der Waals surface area contributed by atoms with Crippen molar-refractivity contribution >= 4 is 87.3 Å². The lowest BCUT2D eigenvalue weighted by atomic mass is 9.90. The maximum Gasteiger partial charge on any atom is 0.164 e. The molecule has 1 aliphatic carbocycles. The highest BCUT2D eigenvalue weighted by molar-refractivity contribution is 6.21. The van der Waals surface area contributed by atoms with Crippen LogP contribution in [0.4, 0.5) is 0 Å². The fourth-order valence-electron chi connectivity index (χ4n) is 10.5. The van der Waals surface area contributed by atoms with Crippen LogP contribution in [0.1, 0.15) is 24.2 Å². The quantitative estimate of drug-likeness (QED) is 0.156. The Hall–Kier alpha value is -8.93. The van der Waals surface area contributed by atoms with E-state index in [1.165, 1.54) is 27.3 Å². The van der Waals surface area contributed by atoms with Crippen LogP contribution >= 0.6 is 0 Å². The molecule has 0 unspecified atom stereocenters. The van der Waals surface area contributed by atoms with Crippen molar-refractivity contribution in [3.8, 4) is 45.0 Å². The number of allylic oxidation sites excluding steroid dienone is 4. The molecule has 0 aliphatic heterocycles. The number of aromatic nitrogens is 3. The summed E-state index contributed by atoms with van der Waals surface area (Å²) in [7, 11) is 0. The zero-order chi connectivity index (χ0) is 44.7. The molecule has 0 spiro atoms. The van der Waals surface area contributed by atoms with Crippen LogP contribution in [-0.4, -0.2) is 15.0 Å². The van der Waals surface area contributed by atoms with E-state index in [-0.39, 0.29) is 0 Å². The predicted molar refractivity (Wildman–Crippen MR) is 280 cm³/mol. The van der Waals surface area contributed by atoms with Gasteiger partial charge in [-0.15, -0.1) is 0 Å². The van der Waals surface area contributed by atoms with Crippen LogP contribution in [0.2, 0.25) is 0 Å². The van der Waals surface area contributed by atoms with Crippen molar-refractivity contribution in [2.45, 2.75) is 12.8 Å². The van der Waals surface area contributed by atoms with Gasteiger partial charge in [0.25, 0.3) is 0 Å². The Balaban J connectivity index is 0.978. The van der Waals surface area contributed by atoms with Crippen LogP contribution in [0.5, 0.6) is 0 Å². The highest BCUT2D eigenvalue weighted by Gasteiger charge is 2.23. The summed E-state index contributed by atoms with van der Waals surface area (Å²) < 4.78 is 13.5. The van der Waals surface area contributed by atoms with Gasteiger partial charge in [0.15, 0.2) is 17.5 Å². The van der Waals surface area contributed by atoms with Crippen LogP contribution < -0.4 is 0 Å². The topological polar surface area (TPSA) is 65.0 Å². The van der Waals surface area contributed by atoms with Gasteiger partial charge in [-0.05, 0) is 109 Å². The molecule has 5 nitrogen and oxygen atoms in total. The first kappa shape index (κ1) is 38.3. The maximum absolute atomic E-state index is 6.90. The number of nitrogens with zero attached hydrogens (tertiary/aromatic N) is 3. The van der Waals surface area contributed by atoms with E-state index in [2.05, 4.69) is 194 Å². The maximum atomic E-state index is 6.90. The molecule has 3 heterocycles. The summed E-state index contributed by atoms with van der Waals surface area (Å²) in [6, 6.07) is 70.6. The highest BCUT2D eigenvalue weighted by Crippen LogP contribution is 2.47. The zero-order valence-corrected chi connectivity index (χ0v) is 36.8. The first-order valence-electron chi connectivity index (χ1n) is 23.2. The van der Waals surface area contributed by atoms with Gasteiger partial charge in [-0.3, -0.25) is 0 Å². The van der Waals surface area contributed by atoms with E-state index in [9.17, 15) is 0 Å². The average molecular weight is 870 g/mol. The fraction of sp³-hybridized carbons (Fsp3) is 0.0317. The predicted octanol–water partition coefficient (Wildman–Crippen LogP) is 17.1. The number of fused-ring (bicyclic) bond motifs is 10. The van der Waals surface area contributed by atoms with Crippen molar-refractivity contribution in [1.82, 2.24) is 15.0 Å². The van der Waals surface area contributed by atoms with E-state index in [4.69, 9.17) is 23.8 Å². The molecular weight excluding hydrogens is 831 g/mol. The van der Waals surface area contributed by atoms with E-state index in [0.29, 0.717) is 17.5 Å². The lowest BCUT2D eigenvalue weighted by Gasteiger charge is -2.17. The monoisotopic (exact) mass is 869 g/mol. The normalized spacial score (nSPS) is 13.1. The third kappa shape index (κ3) is 6.20. The third-order valence-corrected chi connectivity index (χ3v) is 13.9. The molecule has 318 valence electrons. The van der Waals surface area contributed by atoms with Gasteiger partial charge in [-0.25, -0.2) is 15.0 Å². The lowest BCUT2D eigenvalue weighted by Crippen LogP contribution is -2.05. The van der Waals surface area contributed by atoms with Gasteiger partial charge >= 0.3 is 0 Å². The molecule has 10 aromatic carbocycles. The summed E-state index contributed by atoms with van der Waals surface area (Å²) in [5, 5.41) is 11.3. The van der Waals surface area contributed by atoms with Gasteiger partial charge < -0.3 is 8.83 Å². The van der Waals surface area contributed by atoms with E-state index in [1.54, 1.807) is 0 Å². The number of benzene rings is 10. The Morgan fingerprint density at radius 1 is 0.309 bits per heavy atom. The molecule has 0 saturated carbocycles. The van der Waals surface area contributed by atoms with E-state index < -0.39 is 0 Å². The highest BCUT2D eigenvalue weighted by atomic mass is 16.3. The Labute approximate surface area is 391 Å². The van der Waals surface area contributed by atoms with Gasteiger partial charge in [0.1, 0.15) is 22.3 Å². The largest absolute Gasteiger partial charge is 0.455 e. The SMILES string of the molecule is C1=C(c2ccccc2)CCC(c2nc(-c3cc(-c4ccc(-c5cccc6c5oc5ccccc56)c5oc6ccccc6c45)c4ccccc4c3)nc(-c3ccc4c(ccc5ccccc54)c3)n2)=C1. The molecule has 0 saturated heterocycles. The van der Waals surface area contributed by atoms with Crippen molar-refractivity contribution in [2.24, 2.45) is 0 Å². The van der Waals surface area contributed by atoms with E-state index in [0.717, 1.165) is 112 Å². The summed E-state index contributed by atoms with van der Waals surface area (Å²) in [5.41, 5.74) is 12.9. The molecule has 68 heavy (non-hydrogen) atoms. The number of hydrogen-bond donors (Lipinski definition) is 0. The molecule has 0 radical (unpaired) electrons. The third-order valence-electron chi connectivity index (χ3n) is 13.9. The Bertz CT molecular complexity index is 4270. The Kier molecular flexibility index (Phi) is 8.65. The molecule has 14 rings (SSSR count). The summed E-state index contributed by atoms with van der Waals surface area (Å²) in [6.07, 6.45) is 6.13. The molecule has 3 aromatic heterocycles. The molecule has 5 heteroatoms. The summed E-state index contributed by atoms with van der Waals surface area (Å²) in [4.78, 5) is 16.0. The van der Waals surface area contributed by atoms with Crippen molar-refractivity contribution in [1.29, 1.82) is 0 Å². The molecule has 0 bridgehead atoms. The molecule has 13 aromatic rings. The standard InChI is InChI=1S/C63H39N3O2/c1-2-13-38(14-3-1)39-25-28-41(29-26-39)61-64-62(44-31-32-48-43(35-44)30-27-40-15-4-6-17-46(40)48)66-63(65-61)45-36-42-16-5-7-18-47(42)55(37-45)50-33-34-53(60-58(50)54-20-9-11-24-57(54)68-60)52-22-12-21-51-49-19-8-10-23-56(49)67-59(51)52/h1-25,27-28,30-37H,26,29H2. The smallest absolute Gasteiger partial charge is 0.164 e. The minimum absolute atomic E-state index is 0.621. The van der Waals surface area contributed by atoms with Crippen LogP contribution in [-0.2, 0) is 0 Å². The molecule has 0 N–H and O–H groups in total. The first-order chi connectivity index (χ1) is 33.7. The Morgan fingerprint density at radius 2 is 0.882 bits per heavy atom. The summed E-state index contributed by atoms with van der Waals surface area (Å²) in [6.45, 7) is 0. The molecule has 0 amide bonds. The lowest BCUT2D eigenvalue weighted by molar-refractivity contribution is 0.665. The number of para-hydroxylation sites is 3. The van der Waals surface area contributed by atoms with Crippen LogP contribution in [0.15, 0.2) is 221 Å². The zero-order valence-electron chi connectivity index (χ0n) is 36.8. The van der Waals surface area contributed by atoms with Gasteiger partial charge in [0.05, 0.1) is 0 Å². The fourth-order valence-corrected chi connectivity index (χ4v) is 10.5. The van der Waals surface area contributed by atoms with Crippen LogP contribution in [0.3, 0.4) is 0 Å². The van der Waals surface area contributed by atoms with Gasteiger partial charge in [-0.2, -0.15) is 0 Å². The van der Waals surface area contributed by atoms with Crippen LogP contribution in [0, 0.1) is 0 Å². The van der Waals surface area contributed by atoms with Crippen molar-refractivity contribution in [3.63, 3.8) is 0 Å². The molecular formula is C63H39N3O2.